The fourth-order valence-corrected chi connectivity index (χ4v) is 2.09. The summed E-state index contributed by atoms with van der Waals surface area (Å²) >= 11 is 0. The monoisotopic (exact) mass is 279 g/mol. The van der Waals surface area contributed by atoms with Crippen molar-refractivity contribution in [2.24, 2.45) is 0 Å². The van der Waals surface area contributed by atoms with Gasteiger partial charge in [-0.3, -0.25) is 0 Å². The first-order chi connectivity index (χ1) is 9.59. The second kappa shape index (κ2) is 8.98. The zero-order valence-electron chi connectivity index (χ0n) is 13.1. The maximum atomic E-state index is 9.48. The van der Waals surface area contributed by atoms with Crippen molar-refractivity contribution in [1.29, 1.82) is 0 Å². The van der Waals surface area contributed by atoms with Gasteiger partial charge in [0.05, 0.1) is 13.2 Å². The van der Waals surface area contributed by atoms with E-state index in [9.17, 15) is 5.11 Å². The predicted octanol–water partition coefficient (Wildman–Crippen LogP) is 3.29. The van der Waals surface area contributed by atoms with Crippen LogP contribution >= 0.6 is 0 Å². The van der Waals surface area contributed by atoms with E-state index in [1.807, 2.05) is 12.1 Å². The van der Waals surface area contributed by atoms with Gasteiger partial charge >= 0.3 is 0 Å². The number of hydrogen-bond acceptors (Lipinski definition) is 3. The average molecular weight is 279 g/mol. The van der Waals surface area contributed by atoms with Crippen LogP contribution in [0, 0.1) is 6.92 Å². The van der Waals surface area contributed by atoms with Gasteiger partial charge < -0.3 is 15.2 Å². The molecule has 3 heteroatoms. The van der Waals surface area contributed by atoms with E-state index in [1.54, 1.807) is 0 Å². The molecule has 1 aromatic rings. The lowest BCUT2D eigenvalue weighted by Gasteiger charge is -2.28. The minimum absolute atomic E-state index is 0.153. The van der Waals surface area contributed by atoms with Crippen LogP contribution in [0.25, 0.3) is 0 Å². The third-order valence-corrected chi connectivity index (χ3v) is 3.56. The van der Waals surface area contributed by atoms with Crippen molar-refractivity contribution in [2.45, 2.75) is 52.0 Å². The van der Waals surface area contributed by atoms with Crippen LogP contribution in [-0.2, 0) is 0 Å². The minimum atomic E-state index is -0.153. The highest BCUT2D eigenvalue weighted by molar-refractivity contribution is 5.26. The Kier molecular flexibility index (Phi) is 7.63. The Hall–Kier alpha value is -1.06. The van der Waals surface area contributed by atoms with Gasteiger partial charge in [0.25, 0.3) is 0 Å². The van der Waals surface area contributed by atoms with Crippen molar-refractivity contribution in [2.75, 3.05) is 19.8 Å². The van der Waals surface area contributed by atoms with Crippen LogP contribution in [0.15, 0.2) is 24.3 Å². The van der Waals surface area contributed by atoms with E-state index in [0.29, 0.717) is 0 Å². The summed E-state index contributed by atoms with van der Waals surface area (Å²) < 4.78 is 5.71. The molecule has 0 aromatic heterocycles. The number of aliphatic hydroxyl groups excluding tert-OH is 1. The number of unbranched alkanes of at least 4 members (excludes halogenated alkanes) is 1. The van der Waals surface area contributed by atoms with Crippen molar-refractivity contribution in [1.82, 2.24) is 5.32 Å². The predicted molar refractivity (Wildman–Crippen MR) is 84.3 cm³/mol. The van der Waals surface area contributed by atoms with Crippen LogP contribution in [0.5, 0.6) is 5.75 Å². The summed E-state index contributed by atoms with van der Waals surface area (Å²) in [5, 5.41) is 12.9. The first kappa shape index (κ1) is 17.0. The molecule has 0 bridgehead atoms. The smallest absolute Gasteiger partial charge is 0.119 e. The zero-order chi connectivity index (χ0) is 14.8. The molecular formula is C17H29NO2. The Morgan fingerprint density at radius 2 is 1.90 bits per heavy atom. The lowest BCUT2D eigenvalue weighted by Crippen LogP contribution is -2.46. The fourth-order valence-electron chi connectivity index (χ4n) is 2.09. The van der Waals surface area contributed by atoms with Crippen LogP contribution in [0.1, 0.15) is 45.1 Å². The molecule has 0 saturated carbocycles. The van der Waals surface area contributed by atoms with Crippen molar-refractivity contribution in [3.05, 3.63) is 29.8 Å². The lowest BCUT2D eigenvalue weighted by atomic mass is 9.95. The van der Waals surface area contributed by atoms with E-state index in [4.69, 9.17) is 4.74 Å². The highest BCUT2D eigenvalue weighted by Gasteiger charge is 2.21. The standard InChI is InChI=1S/C17H29NO2/c1-4-12-18-17(3,14-19)11-5-6-13-20-16-9-7-15(2)8-10-16/h7-10,18-19H,4-6,11-14H2,1-3H3. The molecule has 0 spiro atoms. The Morgan fingerprint density at radius 3 is 2.50 bits per heavy atom. The molecule has 20 heavy (non-hydrogen) atoms. The molecule has 1 atom stereocenters. The van der Waals surface area contributed by atoms with Crippen LogP contribution in [0.2, 0.25) is 0 Å². The molecule has 0 fully saturated rings. The number of hydrogen-bond donors (Lipinski definition) is 2. The normalized spacial score (nSPS) is 14.0. The Balaban J connectivity index is 2.18. The van der Waals surface area contributed by atoms with Gasteiger partial charge in [0.15, 0.2) is 0 Å². The third-order valence-electron chi connectivity index (χ3n) is 3.56. The average Bonchev–Trinajstić information content (AvgIpc) is 2.47. The van der Waals surface area contributed by atoms with E-state index in [-0.39, 0.29) is 12.1 Å². The van der Waals surface area contributed by atoms with Crippen LogP contribution in [0.3, 0.4) is 0 Å². The third kappa shape index (κ3) is 6.40. The zero-order valence-corrected chi connectivity index (χ0v) is 13.1. The molecule has 0 radical (unpaired) electrons. The second-order valence-electron chi connectivity index (χ2n) is 5.76. The number of aryl methyl sites for hydroxylation is 1. The van der Waals surface area contributed by atoms with Crippen LogP contribution < -0.4 is 10.1 Å². The number of ether oxygens (including phenoxy) is 1. The second-order valence-corrected chi connectivity index (χ2v) is 5.76. The van der Waals surface area contributed by atoms with Gasteiger partial charge in [-0.05, 0) is 58.2 Å². The van der Waals surface area contributed by atoms with Gasteiger partial charge in [-0.15, -0.1) is 0 Å². The molecule has 0 heterocycles. The largest absolute Gasteiger partial charge is 0.494 e. The van der Waals surface area contributed by atoms with Gasteiger partial charge in [0.2, 0.25) is 0 Å². The molecule has 0 amide bonds. The molecule has 3 nitrogen and oxygen atoms in total. The summed E-state index contributed by atoms with van der Waals surface area (Å²) in [5.41, 5.74) is 1.10. The number of benzene rings is 1. The molecular weight excluding hydrogens is 250 g/mol. The minimum Gasteiger partial charge on any atom is -0.494 e. The summed E-state index contributed by atoms with van der Waals surface area (Å²) in [4.78, 5) is 0. The number of aliphatic hydroxyl groups is 1. The Morgan fingerprint density at radius 1 is 1.20 bits per heavy atom. The van der Waals surface area contributed by atoms with Crippen molar-refractivity contribution < 1.29 is 9.84 Å². The maximum Gasteiger partial charge on any atom is 0.119 e. The van der Waals surface area contributed by atoms with E-state index >= 15 is 0 Å². The number of rotatable bonds is 10. The van der Waals surface area contributed by atoms with Crippen LogP contribution in [0.4, 0.5) is 0 Å². The van der Waals surface area contributed by atoms with Gasteiger partial charge in [0.1, 0.15) is 5.75 Å². The fraction of sp³-hybridized carbons (Fsp3) is 0.647. The van der Waals surface area contributed by atoms with E-state index in [0.717, 1.165) is 44.6 Å². The van der Waals surface area contributed by atoms with Gasteiger partial charge in [-0.25, -0.2) is 0 Å². The first-order valence-corrected chi connectivity index (χ1v) is 7.65. The maximum absolute atomic E-state index is 9.48. The molecule has 114 valence electrons. The Labute approximate surface area is 123 Å². The summed E-state index contributed by atoms with van der Waals surface area (Å²) in [5.74, 6) is 0.935. The SMILES string of the molecule is CCCNC(C)(CO)CCCCOc1ccc(C)cc1. The van der Waals surface area contributed by atoms with E-state index in [1.165, 1.54) is 5.56 Å². The van der Waals surface area contributed by atoms with Crippen molar-refractivity contribution >= 4 is 0 Å². The summed E-state index contributed by atoms with van der Waals surface area (Å²) in [6, 6.07) is 8.14. The summed E-state index contributed by atoms with van der Waals surface area (Å²) in [6.07, 6.45) is 4.13. The molecule has 0 aliphatic rings. The van der Waals surface area contributed by atoms with Crippen molar-refractivity contribution in [3.8, 4) is 5.75 Å². The van der Waals surface area contributed by atoms with Gasteiger partial charge in [-0.1, -0.05) is 24.6 Å². The molecule has 0 saturated heterocycles. The highest BCUT2D eigenvalue weighted by atomic mass is 16.5. The number of nitrogens with one attached hydrogen (secondary N) is 1. The molecule has 1 unspecified atom stereocenters. The summed E-state index contributed by atoms with van der Waals surface area (Å²) in [7, 11) is 0. The lowest BCUT2D eigenvalue weighted by molar-refractivity contribution is 0.160. The van der Waals surface area contributed by atoms with Crippen LogP contribution in [-0.4, -0.2) is 30.4 Å². The first-order valence-electron chi connectivity index (χ1n) is 7.65. The Bertz CT molecular complexity index is 364. The molecule has 1 aromatic carbocycles. The molecule has 0 aliphatic heterocycles. The van der Waals surface area contributed by atoms with E-state index < -0.39 is 0 Å². The molecule has 2 N–H and O–H groups in total. The van der Waals surface area contributed by atoms with E-state index in [2.05, 4.69) is 38.2 Å². The van der Waals surface area contributed by atoms with Crippen molar-refractivity contribution in [3.63, 3.8) is 0 Å². The summed E-state index contributed by atoms with van der Waals surface area (Å²) in [6.45, 7) is 8.17. The molecule has 0 aliphatic carbocycles. The van der Waals surface area contributed by atoms with Gasteiger partial charge in [0, 0.05) is 5.54 Å². The molecule has 1 rings (SSSR count). The quantitative estimate of drug-likeness (QED) is 0.646. The highest BCUT2D eigenvalue weighted by Crippen LogP contribution is 2.15. The van der Waals surface area contributed by atoms with Gasteiger partial charge in [-0.2, -0.15) is 0 Å². The topological polar surface area (TPSA) is 41.5 Å².